The maximum atomic E-state index is 4.12. The van der Waals surface area contributed by atoms with E-state index in [1.165, 1.54) is 16.3 Å². The molecule has 90 valence electrons. The summed E-state index contributed by atoms with van der Waals surface area (Å²) in [6, 6.07) is 8.43. The van der Waals surface area contributed by atoms with Gasteiger partial charge < -0.3 is 5.32 Å². The number of aryl methyl sites for hydroxylation is 1. The minimum absolute atomic E-state index is 0.796. The van der Waals surface area contributed by atoms with E-state index in [2.05, 4.69) is 33.6 Å². The average molecular weight is 238 g/mol. The predicted molar refractivity (Wildman–Crippen MR) is 72.3 cm³/mol. The minimum Gasteiger partial charge on any atom is -0.378 e. The Bertz CT molecular complexity index is 672. The lowest BCUT2D eigenvalue weighted by Crippen LogP contribution is -1.98. The summed E-state index contributed by atoms with van der Waals surface area (Å²) >= 11 is 0. The number of nitrogens with zero attached hydrogens (tertiary/aromatic N) is 3. The van der Waals surface area contributed by atoms with Crippen molar-refractivity contribution in [3.05, 3.63) is 54.6 Å². The van der Waals surface area contributed by atoms with Gasteiger partial charge >= 0.3 is 0 Å². The van der Waals surface area contributed by atoms with Crippen LogP contribution in [-0.4, -0.2) is 14.8 Å². The Hall–Kier alpha value is -2.36. The Morgan fingerprint density at radius 1 is 1.17 bits per heavy atom. The number of benzene rings is 1. The second-order valence-corrected chi connectivity index (χ2v) is 4.31. The average Bonchev–Trinajstić information content (AvgIpc) is 2.82. The van der Waals surface area contributed by atoms with E-state index in [1.54, 1.807) is 4.68 Å². The van der Waals surface area contributed by atoms with Crippen LogP contribution in [0.25, 0.3) is 10.8 Å². The molecule has 4 heteroatoms. The molecule has 0 saturated carbocycles. The van der Waals surface area contributed by atoms with Crippen molar-refractivity contribution >= 4 is 16.5 Å². The van der Waals surface area contributed by atoms with Crippen molar-refractivity contribution < 1.29 is 0 Å². The van der Waals surface area contributed by atoms with E-state index in [1.807, 2.05) is 37.9 Å². The molecule has 0 aliphatic rings. The van der Waals surface area contributed by atoms with E-state index in [0.717, 1.165) is 12.2 Å². The first-order chi connectivity index (χ1) is 8.81. The van der Waals surface area contributed by atoms with Gasteiger partial charge in [0.05, 0.1) is 11.9 Å². The molecular weight excluding hydrogens is 224 g/mol. The Morgan fingerprint density at radius 3 is 2.94 bits per heavy atom. The van der Waals surface area contributed by atoms with E-state index in [-0.39, 0.29) is 0 Å². The molecule has 0 saturated heterocycles. The van der Waals surface area contributed by atoms with Gasteiger partial charge in [-0.15, -0.1) is 0 Å². The molecule has 0 atom stereocenters. The van der Waals surface area contributed by atoms with Crippen molar-refractivity contribution in [3.63, 3.8) is 0 Å². The van der Waals surface area contributed by atoms with Crippen LogP contribution in [0.15, 0.2) is 49.1 Å². The quantitative estimate of drug-likeness (QED) is 0.762. The topological polar surface area (TPSA) is 42.7 Å². The molecule has 3 aromatic rings. The SMILES string of the molecule is Cn1cc(NCc2ccc3cnccc3c2)cn1. The summed E-state index contributed by atoms with van der Waals surface area (Å²) < 4.78 is 1.79. The highest BCUT2D eigenvalue weighted by Gasteiger charge is 1.98. The van der Waals surface area contributed by atoms with Crippen LogP contribution in [0.4, 0.5) is 5.69 Å². The number of pyridine rings is 1. The highest BCUT2D eigenvalue weighted by Crippen LogP contribution is 2.15. The standard InChI is InChI=1S/C14H14N4/c1-18-10-14(9-17-18)16-7-11-2-3-13-8-15-5-4-12(13)6-11/h2-6,8-10,16H,7H2,1H3. The molecule has 0 fully saturated rings. The molecule has 0 aliphatic heterocycles. The summed E-state index contributed by atoms with van der Waals surface area (Å²) in [5, 5.41) is 9.86. The summed E-state index contributed by atoms with van der Waals surface area (Å²) in [5.74, 6) is 0. The highest BCUT2D eigenvalue weighted by atomic mass is 15.3. The van der Waals surface area contributed by atoms with Gasteiger partial charge in [0.2, 0.25) is 0 Å². The van der Waals surface area contributed by atoms with E-state index < -0.39 is 0 Å². The van der Waals surface area contributed by atoms with Gasteiger partial charge in [0.25, 0.3) is 0 Å². The van der Waals surface area contributed by atoms with Crippen molar-refractivity contribution in [1.82, 2.24) is 14.8 Å². The second-order valence-electron chi connectivity index (χ2n) is 4.31. The molecule has 0 amide bonds. The van der Waals surface area contributed by atoms with E-state index >= 15 is 0 Å². The second kappa shape index (κ2) is 4.49. The lowest BCUT2D eigenvalue weighted by molar-refractivity contribution is 0.768. The summed E-state index contributed by atoms with van der Waals surface area (Å²) in [6.07, 6.45) is 7.49. The normalized spacial score (nSPS) is 10.7. The van der Waals surface area contributed by atoms with Crippen LogP contribution in [0, 0.1) is 0 Å². The van der Waals surface area contributed by atoms with Crippen molar-refractivity contribution in [1.29, 1.82) is 0 Å². The molecule has 0 radical (unpaired) electrons. The van der Waals surface area contributed by atoms with Crippen LogP contribution in [-0.2, 0) is 13.6 Å². The summed E-state index contributed by atoms with van der Waals surface area (Å²) in [7, 11) is 1.91. The molecule has 2 heterocycles. The highest BCUT2D eigenvalue weighted by molar-refractivity contribution is 5.82. The first-order valence-corrected chi connectivity index (χ1v) is 5.86. The third-order valence-electron chi connectivity index (χ3n) is 2.91. The van der Waals surface area contributed by atoms with Gasteiger partial charge in [-0.3, -0.25) is 9.67 Å². The molecule has 18 heavy (non-hydrogen) atoms. The fourth-order valence-electron chi connectivity index (χ4n) is 1.96. The zero-order chi connectivity index (χ0) is 12.4. The molecule has 3 rings (SSSR count). The van der Waals surface area contributed by atoms with Crippen LogP contribution in [0.1, 0.15) is 5.56 Å². The number of rotatable bonds is 3. The van der Waals surface area contributed by atoms with Crippen LogP contribution in [0.3, 0.4) is 0 Å². The lowest BCUT2D eigenvalue weighted by Gasteiger charge is -2.05. The molecule has 0 aliphatic carbocycles. The smallest absolute Gasteiger partial charge is 0.0729 e. The molecule has 0 spiro atoms. The molecule has 1 aromatic carbocycles. The van der Waals surface area contributed by atoms with Crippen LogP contribution < -0.4 is 5.32 Å². The first kappa shape index (κ1) is 10.8. The van der Waals surface area contributed by atoms with Crippen LogP contribution in [0.5, 0.6) is 0 Å². The number of hydrogen-bond acceptors (Lipinski definition) is 3. The van der Waals surface area contributed by atoms with Gasteiger partial charge in [0.1, 0.15) is 0 Å². The van der Waals surface area contributed by atoms with Gasteiger partial charge in [0.15, 0.2) is 0 Å². The van der Waals surface area contributed by atoms with Gasteiger partial charge in [-0.05, 0) is 23.1 Å². The van der Waals surface area contributed by atoms with Crippen LogP contribution >= 0.6 is 0 Å². The minimum atomic E-state index is 0.796. The van der Waals surface area contributed by atoms with Crippen molar-refractivity contribution in [2.45, 2.75) is 6.54 Å². The van der Waals surface area contributed by atoms with E-state index in [9.17, 15) is 0 Å². The summed E-state index contributed by atoms with van der Waals surface area (Å²) in [4.78, 5) is 4.11. The fourth-order valence-corrected chi connectivity index (χ4v) is 1.96. The van der Waals surface area contributed by atoms with Crippen LogP contribution in [0.2, 0.25) is 0 Å². The van der Waals surface area contributed by atoms with Gasteiger partial charge in [0, 0.05) is 37.6 Å². The monoisotopic (exact) mass is 238 g/mol. The van der Waals surface area contributed by atoms with Gasteiger partial charge in [-0.1, -0.05) is 12.1 Å². The summed E-state index contributed by atoms with van der Waals surface area (Å²) in [5.41, 5.74) is 2.28. The Balaban J connectivity index is 1.78. The zero-order valence-corrected chi connectivity index (χ0v) is 10.2. The largest absolute Gasteiger partial charge is 0.378 e. The van der Waals surface area contributed by atoms with E-state index in [0.29, 0.717) is 0 Å². The van der Waals surface area contributed by atoms with Gasteiger partial charge in [-0.2, -0.15) is 5.10 Å². The lowest BCUT2D eigenvalue weighted by atomic mass is 10.1. The molecule has 0 bridgehead atoms. The zero-order valence-electron chi connectivity index (χ0n) is 10.2. The molecule has 4 nitrogen and oxygen atoms in total. The Labute approximate surface area is 105 Å². The molecular formula is C14H14N4. The molecule has 1 N–H and O–H groups in total. The van der Waals surface area contributed by atoms with Crippen molar-refractivity contribution in [2.24, 2.45) is 7.05 Å². The number of nitrogens with one attached hydrogen (secondary N) is 1. The Morgan fingerprint density at radius 2 is 2.11 bits per heavy atom. The maximum absolute atomic E-state index is 4.12. The fraction of sp³-hybridized carbons (Fsp3) is 0.143. The number of anilines is 1. The maximum Gasteiger partial charge on any atom is 0.0729 e. The third-order valence-corrected chi connectivity index (χ3v) is 2.91. The number of hydrogen-bond donors (Lipinski definition) is 1. The van der Waals surface area contributed by atoms with Crippen molar-refractivity contribution in [3.8, 4) is 0 Å². The molecule has 2 aromatic heterocycles. The number of aromatic nitrogens is 3. The van der Waals surface area contributed by atoms with E-state index in [4.69, 9.17) is 0 Å². The predicted octanol–water partition coefficient (Wildman–Crippen LogP) is 2.58. The van der Waals surface area contributed by atoms with Crippen molar-refractivity contribution in [2.75, 3.05) is 5.32 Å². The van der Waals surface area contributed by atoms with Gasteiger partial charge in [-0.25, -0.2) is 0 Å². The first-order valence-electron chi connectivity index (χ1n) is 5.86. The molecule has 0 unspecified atom stereocenters. The Kier molecular flexibility index (Phi) is 2.68. The summed E-state index contributed by atoms with van der Waals surface area (Å²) in [6.45, 7) is 0.796. The third kappa shape index (κ3) is 2.18. The number of fused-ring (bicyclic) bond motifs is 1.